The van der Waals surface area contributed by atoms with Gasteiger partial charge in [-0.05, 0) is 63.7 Å². The van der Waals surface area contributed by atoms with Gasteiger partial charge in [-0.3, -0.25) is 4.79 Å². The predicted octanol–water partition coefficient (Wildman–Crippen LogP) is 2.46. The predicted molar refractivity (Wildman–Crippen MR) is 97.2 cm³/mol. The summed E-state index contributed by atoms with van der Waals surface area (Å²) in [5.41, 5.74) is 0. The van der Waals surface area contributed by atoms with Gasteiger partial charge in [0, 0.05) is 19.5 Å². The molecule has 1 amide bonds. The number of nitrogens with zero attached hydrogens (tertiary/aromatic N) is 1. The number of amides is 1. The highest BCUT2D eigenvalue weighted by Gasteiger charge is 2.17. The van der Waals surface area contributed by atoms with Crippen LogP contribution in [0.4, 0.5) is 0 Å². The van der Waals surface area contributed by atoms with Crippen molar-refractivity contribution in [3.05, 3.63) is 0 Å². The molecule has 0 aromatic heterocycles. The van der Waals surface area contributed by atoms with E-state index in [0.717, 1.165) is 32.6 Å². The van der Waals surface area contributed by atoms with Crippen molar-refractivity contribution in [1.29, 1.82) is 0 Å². The smallest absolute Gasteiger partial charge is 0.220 e. The van der Waals surface area contributed by atoms with Gasteiger partial charge < -0.3 is 15.5 Å². The van der Waals surface area contributed by atoms with Crippen LogP contribution in [0.3, 0.4) is 0 Å². The Balaban J connectivity index is 0.00000220. The van der Waals surface area contributed by atoms with Gasteiger partial charge in [0.25, 0.3) is 0 Å². The Bertz CT molecular complexity index is 293. The first-order valence-electron chi connectivity index (χ1n) is 8.44. The van der Waals surface area contributed by atoms with Gasteiger partial charge in [0.1, 0.15) is 0 Å². The zero-order valence-corrected chi connectivity index (χ0v) is 15.4. The molecule has 0 bridgehead atoms. The molecule has 2 atom stereocenters. The van der Waals surface area contributed by atoms with Gasteiger partial charge in [-0.2, -0.15) is 0 Å². The Morgan fingerprint density at radius 3 is 2.64 bits per heavy atom. The van der Waals surface area contributed by atoms with Crippen molar-refractivity contribution in [3.8, 4) is 0 Å². The van der Waals surface area contributed by atoms with Crippen molar-refractivity contribution in [2.24, 2.45) is 11.8 Å². The van der Waals surface area contributed by atoms with Crippen LogP contribution < -0.4 is 10.6 Å². The van der Waals surface area contributed by atoms with E-state index in [0.29, 0.717) is 18.3 Å². The van der Waals surface area contributed by atoms with E-state index in [1.807, 2.05) is 0 Å². The zero-order chi connectivity index (χ0) is 14.2. The zero-order valence-electron chi connectivity index (χ0n) is 13.8. The van der Waals surface area contributed by atoms with E-state index < -0.39 is 0 Å². The molecular weight excluding hydrogens is 321 g/mol. The van der Waals surface area contributed by atoms with Crippen molar-refractivity contribution < 1.29 is 4.79 Å². The molecular formula is C16H33Cl2N3O. The molecule has 6 heteroatoms. The lowest BCUT2D eigenvalue weighted by Crippen LogP contribution is -2.38. The molecule has 0 aliphatic carbocycles. The highest BCUT2D eigenvalue weighted by molar-refractivity contribution is 5.85. The third-order valence-electron chi connectivity index (χ3n) is 4.61. The Hall–Kier alpha value is -0.0300. The minimum absolute atomic E-state index is 0. The van der Waals surface area contributed by atoms with Gasteiger partial charge in [-0.25, -0.2) is 0 Å². The summed E-state index contributed by atoms with van der Waals surface area (Å²) >= 11 is 0. The lowest BCUT2D eigenvalue weighted by molar-refractivity contribution is -0.121. The van der Waals surface area contributed by atoms with Crippen LogP contribution in [-0.4, -0.2) is 50.1 Å². The van der Waals surface area contributed by atoms with Crippen LogP contribution in [0.1, 0.15) is 45.4 Å². The molecule has 0 aromatic carbocycles. The second kappa shape index (κ2) is 12.4. The maximum absolute atomic E-state index is 11.9. The summed E-state index contributed by atoms with van der Waals surface area (Å²) in [5.74, 6) is 1.51. The van der Waals surface area contributed by atoms with Gasteiger partial charge in [-0.1, -0.05) is 13.3 Å². The number of likely N-dealkylation sites (tertiary alicyclic amines) is 1. The summed E-state index contributed by atoms with van der Waals surface area (Å²) in [6.45, 7) is 8.92. The standard InChI is InChI=1S/C16H31N3O.2ClH/c1-14(13-19-9-3-2-4-10-19)11-18-16(20)6-5-15-7-8-17-12-15;;/h14-15,17H,2-13H2,1H3,(H,18,20);2*1H. The fourth-order valence-corrected chi connectivity index (χ4v) is 3.32. The van der Waals surface area contributed by atoms with E-state index in [-0.39, 0.29) is 30.7 Å². The SMILES string of the molecule is CC(CNC(=O)CCC1CCNC1)CN1CCCCC1.Cl.Cl. The molecule has 2 rings (SSSR count). The molecule has 0 spiro atoms. The quantitative estimate of drug-likeness (QED) is 0.738. The maximum Gasteiger partial charge on any atom is 0.220 e. The summed E-state index contributed by atoms with van der Waals surface area (Å²) in [6, 6.07) is 0. The molecule has 2 fully saturated rings. The average Bonchev–Trinajstić information content (AvgIpc) is 2.97. The number of hydrogen-bond acceptors (Lipinski definition) is 3. The number of halogens is 2. The molecule has 0 radical (unpaired) electrons. The number of rotatable bonds is 7. The average molecular weight is 354 g/mol. The Morgan fingerprint density at radius 2 is 2.00 bits per heavy atom. The van der Waals surface area contributed by atoms with E-state index in [9.17, 15) is 4.79 Å². The molecule has 132 valence electrons. The van der Waals surface area contributed by atoms with Crippen molar-refractivity contribution in [3.63, 3.8) is 0 Å². The van der Waals surface area contributed by atoms with Crippen LogP contribution in [0.5, 0.6) is 0 Å². The van der Waals surface area contributed by atoms with Crippen molar-refractivity contribution in [2.45, 2.75) is 45.4 Å². The van der Waals surface area contributed by atoms with E-state index in [1.54, 1.807) is 0 Å². The molecule has 2 aliphatic rings. The number of piperidine rings is 1. The number of carbonyl (C=O) groups is 1. The normalized spacial score (nSPS) is 23.2. The highest BCUT2D eigenvalue weighted by atomic mass is 35.5. The Kier molecular flexibility index (Phi) is 12.4. The Labute approximate surface area is 148 Å². The maximum atomic E-state index is 11.9. The first-order valence-corrected chi connectivity index (χ1v) is 8.44. The van der Waals surface area contributed by atoms with Gasteiger partial charge in [0.05, 0.1) is 0 Å². The third-order valence-corrected chi connectivity index (χ3v) is 4.61. The fraction of sp³-hybridized carbons (Fsp3) is 0.938. The van der Waals surface area contributed by atoms with Gasteiger partial charge >= 0.3 is 0 Å². The minimum atomic E-state index is 0. The van der Waals surface area contributed by atoms with E-state index >= 15 is 0 Å². The number of nitrogens with one attached hydrogen (secondary N) is 2. The van der Waals surface area contributed by atoms with Crippen molar-refractivity contribution in [2.75, 3.05) is 39.3 Å². The third kappa shape index (κ3) is 8.56. The molecule has 4 nitrogen and oxygen atoms in total. The molecule has 2 heterocycles. The van der Waals surface area contributed by atoms with Crippen LogP contribution in [0.15, 0.2) is 0 Å². The van der Waals surface area contributed by atoms with Crippen LogP contribution in [0.2, 0.25) is 0 Å². The van der Waals surface area contributed by atoms with Crippen LogP contribution in [0, 0.1) is 11.8 Å². The lowest BCUT2D eigenvalue weighted by Gasteiger charge is -2.29. The van der Waals surface area contributed by atoms with Gasteiger partial charge in [-0.15, -0.1) is 24.8 Å². The van der Waals surface area contributed by atoms with Crippen molar-refractivity contribution >= 4 is 30.7 Å². The van der Waals surface area contributed by atoms with Crippen LogP contribution in [0.25, 0.3) is 0 Å². The molecule has 2 N–H and O–H groups in total. The summed E-state index contributed by atoms with van der Waals surface area (Å²) in [6.07, 6.45) is 7.04. The number of carbonyl (C=O) groups excluding carboxylic acids is 1. The summed E-state index contributed by atoms with van der Waals surface area (Å²) in [5, 5.41) is 6.46. The first-order chi connectivity index (χ1) is 9.74. The van der Waals surface area contributed by atoms with Gasteiger partial charge in [0.15, 0.2) is 0 Å². The molecule has 2 unspecified atom stereocenters. The second-order valence-corrected chi connectivity index (χ2v) is 6.67. The van der Waals surface area contributed by atoms with Gasteiger partial charge in [0.2, 0.25) is 5.91 Å². The topological polar surface area (TPSA) is 44.4 Å². The van der Waals surface area contributed by atoms with E-state index in [2.05, 4.69) is 22.5 Å². The van der Waals surface area contributed by atoms with Crippen molar-refractivity contribution in [1.82, 2.24) is 15.5 Å². The fourth-order valence-electron chi connectivity index (χ4n) is 3.32. The largest absolute Gasteiger partial charge is 0.356 e. The Morgan fingerprint density at radius 1 is 1.27 bits per heavy atom. The minimum Gasteiger partial charge on any atom is -0.356 e. The lowest BCUT2D eigenvalue weighted by atomic mass is 10.0. The van der Waals surface area contributed by atoms with Crippen LogP contribution in [-0.2, 0) is 4.79 Å². The summed E-state index contributed by atoms with van der Waals surface area (Å²) in [4.78, 5) is 14.4. The molecule has 0 saturated carbocycles. The second-order valence-electron chi connectivity index (χ2n) is 6.67. The van der Waals surface area contributed by atoms with E-state index in [1.165, 1.54) is 38.8 Å². The van der Waals surface area contributed by atoms with Crippen LogP contribution >= 0.6 is 24.8 Å². The molecule has 0 aromatic rings. The highest BCUT2D eigenvalue weighted by Crippen LogP contribution is 2.14. The summed E-state index contributed by atoms with van der Waals surface area (Å²) < 4.78 is 0. The molecule has 22 heavy (non-hydrogen) atoms. The number of hydrogen-bond donors (Lipinski definition) is 2. The molecule has 2 saturated heterocycles. The van der Waals surface area contributed by atoms with E-state index in [4.69, 9.17) is 0 Å². The molecule has 2 aliphatic heterocycles. The first kappa shape index (κ1) is 22.0. The monoisotopic (exact) mass is 353 g/mol. The summed E-state index contributed by atoms with van der Waals surface area (Å²) in [7, 11) is 0.